The van der Waals surface area contributed by atoms with E-state index in [2.05, 4.69) is 26.3 Å². The highest BCUT2D eigenvalue weighted by atomic mass is 16.5. The van der Waals surface area contributed by atoms with Gasteiger partial charge in [-0.2, -0.15) is 0 Å². The standard InChI is InChI=1S/C36H41N5O6/c1-3-4-18-30(32(42)35(45)38-21-25-13-7-5-8-14-25)40-34(44)31(20-27-22-37-29-19-12-11-17-28(27)29)41-33(43)24(2)39-36(46)47-23-26-15-9-6-10-16-26/h5-17,19,22,24,30-31,37H,3-4,18,20-21,23H2,1-2H3,(H,38,45)(H,39,46)(H,40,44)(H,41,43)/t24-,30-,31-/m0/s1. The topological polar surface area (TPSA) is 158 Å². The number of rotatable bonds is 16. The molecular weight excluding hydrogens is 598 g/mol. The molecule has 246 valence electrons. The maximum atomic E-state index is 13.8. The zero-order valence-electron chi connectivity index (χ0n) is 26.6. The number of H-pyrrole nitrogens is 1. The average Bonchev–Trinajstić information content (AvgIpc) is 3.50. The summed E-state index contributed by atoms with van der Waals surface area (Å²) in [5.74, 6) is -2.83. The summed E-state index contributed by atoms with van der Waals surface area (Å²) in [6.45, 7) is 3.61. The van der Waals surface area contributed by atoms with Gasteiger partial charge in [-0.05, 0) is 36.1 Å². The third-order valence-electron chi connectivity index (χ3n) is 7.67. The lowest BCUT2D eigenvalue weighted by molar-refractivity contribution is -0.140. The number of aromatic nitrogens is 1. The minimum absolute atomic E-state index is 0.0265. The molecule has 4 rings (SSSR count). The Balaban J connectivity index is 1.45. The molecule has 0 saturated carbocycles. The van der Waals surface area contributed by atoms with E-state index < -0.39 is 47.7 Å². The summed E-state index contributed by atoms with van der Waals surface area (Å²) in [7, 11) is 0. The van der Waals surface area contributed by atoms with Crippen LogP contribution in [0.3, 0.4) is 0 Å². The molecule has 0 aliphatic rings. The normalized spacial score (nSPS) is 12.7. The zero-order chi connectivity index (χ0) is 33.6. The van der Waals surface area contributed by atoms with Crippen LogP contribution < -0.4 is 21.3 Å². The zero-order valence-corrected chi connectivity index (χ0v) is 26.6. The van der Waals surface area contributed by atoms with Gasteiger partial charge in [-0.1, -0.05) is 98.6 Å². The van der Waals surface area contributed by atoms with Gasteiger partial charge in [-0.15, -0.1) is 0 Å². The van der Waals surface area contributed by atoms with Crippen LogP contribution in [0.15, 0.2) is 91.1 Å². The van der Waals surface area contributed by atoms with Crippen molar-refractivity contribution in [3.8, 4) is 0 Å². The highest BCUT2D eigenvalue weighted by Gasteiger charge is 2.31. The van der Waals surface area contributed by atoms with Crippen LogP contribution in [-0.4, -0.2) is 52.7 Å². The second-order valence-electron chi connectivity index (χ2n) is 11.3. The molecule has 0 spiro atoms. The number of hydrogen-bond donors (Lipinski definition) is 5. The van der Waals surface area contributed by atoms with Gasteiger partial charge >= 0.3 is 6.09 Å². The third-order valence-corrected chi connectivity index (χ3v) is 7.67. The first kappa shape index (κ1) is 34.4. The van der Waals surface area contributed by atoms with E-state index in [-0.39, 0.29) is 26.0 Å². The maximum Gasteiger partial charge on any atom is 0.408 e. The summed E-state index contributed by atoms with van der Waals surface area (Å²) < 4.78 is 5.23. The van der Waals surface area contributed by atoms with Crippen LogP contribution in [0.25, 0.3) is 10.9 Å². The van der Waals surface area contributed by atoms with Crippen LogP contribution in [0.5, 0.6) is 0 Å². The first-order valence-electron chi connectivity index (χ1n) is 15.7. The van der Waals surface area contributed by atoms with Crippen molar-refractivity contribution in [3.05, 3.63) is 108 Å². The molecular formula is C36H41N5O6. The van der Waals surface area contributed by atoms with Crippen molar-refractivity contribution in [2.75, 3.05) is 0 Å². The number of hydrogen-bond acceptors (Lipinski definition) is 6. The molecule has 11 heteroatoms. The van der Waals surface area contributed by atoms with E-state index in [1.165, 1.54) is 6.92 Å². The van der Waals surface area contributed by atoms with Crippen LogP contribution in [0, 0.1) is 0 Å². The van der Waals surface area contributed by atoms with Crippen molar-refractivity contribution in [1.29, 1.82) is 0 Å². The predicted octanol–water partition coefficient (Wildman–Crippen LogP) is 4.07. The number of benzene rings is 3. The molecule has 1 heterocycles. The van der Waals surface area contributed by atoms with Gasteiger partial charge in [0.05, 0.1) is 6.04 Å². The Hall–Kier alpha value is -5.45. The number of amides is 4. The minimum atomic E-state index is -1.13. The largest absolute Gasteiger partial charge is 0.445 e. The molecule has 5 N–H and O–H groups in total. The molecule has 0 radical (unpaired) electrons. The van der Waals surface area contributed by atoms with Crippen LogP contribution in [0.2, 0.25) is 0 Å². The van der Waals surface area contributed by atoms with Crippen molar-refractivity contribution in [3.63, 3.8) is 0 Å². The van der Waals surface area contributed by atoms with Crippen LogP contribution in [-0.2, 0) is 43.5 Å². The Kier molecular flexibility index (Phi) is 12.7. The van der Waals surface area contributed by atoms with Crippen molar-refractivity contribution in [2.24, 2.45) is 0 Å². The summed E-state index contributed by atoms with van der Waals surface area (Å²) in [6.07, 6.45) is 2.64. The maximum absolute atomic E-state index is 13.8. The van der Waals surface area contributed by atoms with E-state index in [9.17, 15) is 24.0 Å². The van der Waals surface area contributed by atoms with Gasteiger partial charge in [0.1, 0.15) is 18.7 Å². The Morgan fingerprint density at radius 2 is 1.40 bits per heavy atom. The monoisotopic (exact) mass is 639 g/mol. The number of ketones is 1. The van der Waals surface area contributed by atoms with E-state index in [0.717, 1.165) is 34.0 Å². The molecule has 0 aliphatic carbocycles. The molecule has 0 bridgehead atoms. The summed E-state index contributed by atoms with van der Waals surface area (Å²) in [4.78, 5) is 68.8. The predicted molar refractivity (Wildman–Crippen MR) is 178 cm³/mol. The van der Waals surface area contributed by atoms with Crippen molar-refractivity contribution in [2.45, 2.75) is 70.8 Å². The van der Waals surface area contributed by atoms with Gasteiger partial charge in [-0.25, -0.2) is 4.79 Å². The summed E-state index contributed by atoms with van der Waals surface area (Å²) in [5, 5.41) is 11.5. The highest BCUT2D eigenvalue weighted by molar-refractivity contribution is 6.38. The lowest BCUT2D eigenvalue weighted by Crippen LogP contribution is -2.57. The molecule has 1 aromatic heterocycles. The van der Waals surface area contributed by atoms with Crippen molar-refractivity contribution in [1.82, 2.24) is 26.3 Å². The van der Waals surface area contributed by atoms with Crippen LogP contribution >= 0.6 is 0 Å². The third kappa shape index (κ3) is 10.3. The number of fused-ring (bicyclic) bond motifs is 1. The Labute approximate surface area is 273 Å². The second-order valence-corrected chi connectivity index (χ2v) is 11.3. The summed E-state index contributed by atoms with van der Waals surface area (Å²) in [6, 6.07) is 22.6. The minimum Gasteiger partial charge on any atom is -0.445 e. The van der Waals surface area contributed by atoms with Gasteiger partial charge in [0.2, 0.25) is 17.6 Å². The first-order valence-corrected chi connectivity index (χ1v) is 15.7. The molecule has 0 aliphatic heterocycles. The molecule has 0 unspecified atom stereocenters. The van der Waals surface area contributed by atoms with Crippen molar-refractivity contribution < 1.29 is 28.7 Å². The first-order chi connectivity index (χ1) is 22.7. The van der Waals surface area contributed by atoms with Gasteiger partial charge in [0.25, 0.3) is 5.91 Å². The van der Waals surface area contributed by atoms with Gasteiger partial charge < -0.3 is 31.0 Å². The molecule has 0 fully saturated rings. The van der Waals surface area contributed by atoms with E-state index in [1.54, 1.807) is 6.20 Å². The Bertz CT molecular complexity index is 1660. The van der Waals surface area contributed by atoms with Gasteiger partial charge in [0, 0.05) is 30.1 Å². The lowest BCUT2D eigenvalue weighted by atomic mass is 10.0. The van der Waals surface area contributed by atoms with E-state index in [0.29, 0.717) is 6.42 Å². The van der Waals surface area contributed by atoms with E-state index in [1.807, 2.05) is 91.9 Å². The van der Waals surface area contributed by atoms with Crippen LogP contribution in [0.1, 0.15) is 49.8 Å². The smallest absolute Gasteiger partial charge is 0.408 e. The van der Waals surface area contributed by atoms with Crippen LogP contribution in [0.4, 0.5) is 4.79 Å². The average molecular weight is 640 g/mol. The lowest BCUT2D eigenvalue weighted by Gasteiger charge is -2.24. The number of para-hydroxylation sites is 1. The van der Waals surface area contributed by atoms with Crippen molar-refractivity contribution >= 4 is 40.5 Å². The number of aromatic amines is 1. The number of unbranched alkanes of at least 4 members (excludes halogenated alkanes) is 1. The fraction of sp³-hybridized carbons (Fsp3) is 0.306. The number of nitrogens with one attached hydrogen (secondary N) is 5. The molecule has 3 atom stereocenters. The number of ether oxygens (including phenoxy) is 1. The molecule has 47 heavy (non-hydrogen) atoms. The van der Waals surface area contributed by atoms with Gasteiger partial charge in [-0.3, -0.25) is 19.2 Å². The number of alkyl carbamates (subject to hydrolysis) is 1. The fourth-order valence-electron chi connectivity index (χ4n) is 5.01. The quantitative estimate of drug-likeness (QED) is 0.116. The molecule has 11 nitrogen and oxygen atoms in total. The Morgan fingerprint density at radius 3 is 2.11 bits per heavy atom. The number of carbonyl (C=O) groups excluding carboxylic acids is 5. The highest BCUT2D eigenvalue weighted by Crippen LogP contribution is 2.19. The van der Waals surface area contributed by atoms with E-state index in [4.69, 9.17) is 4.74 Å². The number of Topliss-reactive ketones (excluding diaryl/α,β-unsaturated/α-hetero) is 1. The van der Waals surface area contributed by atoms with E-state index >= 15 is 0 Å². The molecule has 0 saturated heterocycles. The summed E-state index contributed by atoms with van der Waals surface area (Å²) in [5.41, 5.74) is 3.24. The molecule has 4 aromatic rings. The number of carbonyl (C=O) groups is 5. The summed E-state index contributed by atoms with van der Waals surface area (Å²) >= 11 is 0. The SMILES string of the molecule is CCCC[C@H](NC(=O)[C@H](Cc1c[nH]c2ccccc12)NC(=O)[C@H](C)NC(=O)OCc1ccccc1)C(=O)C(=O)NCc1ccccc1. The second kappa shape index (κ2) is 17.3. The van der Waals surface area contributed by atoms with Gasteiger partial charge in [0.15, 0.2) is 0 Å². The Morgan fingerprint density at radius 1 is 0.766 bits per heavy atom. The molecule has 4 amide bonds. The molecule has 3 aromatic carbocycles. The fourth-order valence-corrected chi connectivity index (χ4v) is 5.01.